The van der Waals surface area contributed by atoms with Gasteiger partial charge in [0.25, 0.3) is 0 Å². The molecule has 0 spiro atoms. The molecule has 0 bridgehead atoms. The predicted octanol–water partition coefficient (Wildman–Crippen LogP) is 2.57. The highest BCUT2D eigenvalue weighted by Gasteiger charge is 2.28. The maximum absolute atomic E-state index is 12.1. The summed E-state index contributed by atoms with van der Waals surface area (Å²) in [4.78, 5) is 27.8. The molecule has 0 saturated carbocycles. The molecule has 0 amide bonds. The van der Waals surface area contributed by atoms with Crippen LogP contribution in [0.5, 0.6) is 5.88 Å². The van der Waals surface area contributed by atoms with Crippen molar-refractivity contribution in [2.24, 2.45) is 0 Å². The van der Waals surface area contributed by atoms with Gasteiger partial charge < -0.3 is 9.47 Å². The summed E-state index contributed by atoms with van der Waals surface area (Å²) in [6.45, 7) is 0. The molecule has 0 N–H and O–H groups in total. The van der Waals surface area contributed by atoms with Crippen LogP contribution in [0.1, 0.15) is 38.8 Å². The molecule has 5 nitrogen and oxygen atoms in total. The Labute approximate surface area is 121 Å². The second-order valence-electron chi connectivity index (χ2n) is 4.71. The predicted molar refractivity (Wildman–Crippen MR) is 74.3 cm³/mol. The Kier molecular flexibility index (Phi) is 3.39. The van der Waals surface area contributed by atoms with Crippen molar-refractivity contribution in [2.75, 3.05) is 7.11 Å². The van der Waals surface area contributed by atoms with Gasteiger partial charge in [-0.1, -0.05) is 12.1 Å². The topological polar surface area (TPSA) is 65.5 Å². The molecular formula is C16H13NO4. The number of fused-ring (bicyclic) bond motifs is 1. The van der Waals surface area contributed by atoms with Crippen LogP contribution in [0.15, 0.2) is 42.6 Å². The first kappa shape index (κ1) is 13.3. The van der Waals surface area contributed by atoms with Crippen molar-refractivity contribution in [3.05, 3.63) is 59.3 Å². The maximum Gasteiger partial charge on any atom is 0.337 e. The highest BCUT2D eigenvalue weighted by molar-refractivity contribution is 5.99. The Balaban J connectivity index is 1.93. The van der Waals surface area contributed by atoms with Gasteiger partial charge in [0, 0.05) is 6.20 Å². The molecule has 2 heterocycles. The standard InChI is InChI=1S/C16H13NO4/c1-20-16(19)11-5-2-4-10(8-11)14-9-13(18)12-6-3-7-17-15(12)21-14/h2-8,14H,9H2,1H3/t14-/m1/s1. The SMILES string of the molecule is COC(=O)c1cccc([C@H]2CC(=O)c3cccnc3O2)c1. The lowest BCUT2D eigenvalue weighted by Crippen LogP contribution is -2.21. The average Bonchev–Trinajstić information content (AvgIpc) is 2.54. The van der Waals surface area contributed by atoms with Crippen LogP contribution in [0.4, 0.5) is 0 Å². The van der Waals surface area contributed by atoms with Crippen molar-refractivity contribution in [2.45, 2.75) is 12.5 Å². The Hall–Kier alpha value is -2.69. The molecule has 1 aliphatic rings. The fourth-order valence-corrected chi connectivity index (χ4v) is 2.32. The van der Waals surface area contributed by atoms with Crippen LogP contribution in [-0.2, 0) is 4.74 Å². The fourth-order valence-electron chi connectivity index (χ4n) is 2.32. The van der Waals surface area contributed by atoms with Gasteiger partial charge >= 0.3 is 5.97 Å². The smallest absolute Gasteiger partial charge is 0.337 e. The van der Waals surface area contributed by atoms with Gasteiger partial charge in [-0.25, -0.2) is 9.78 Å². The third-order valence-corrected chi connectivity index (χ3v) is 3.38. The Bertz CT molecular complexity index is 711. The molecule has 106 valence electrons. The Morgan fingerprint density at radius 3 is 3.00 bits per heavy atom. The fraction of sp³-hybridized carbons (Fsp3) is 0.188. The highest BCUT2D eigenvalue weighted by Crippen LogP contribution is 2.33. The third kappa shape index (κ3) is 2.50. The summed E-state index contributed by atoms with van der Waals surface area (Å²) < 4.78 is 10.5. The Morgan fingerprint density at radius 2 is 2.19 bits per heavy atom. The van der Waals surface area contributed by atoms with E-state index in [-0.39, 0.29) is 12.2 Å². The molecular weight excluding hydrogens is 270 g/mol. The van der Waals surface area contributed by atoms with E-state index in [1.54, 1.807) is 36.5 Å². The number of carbonyl (C=O) groups is 2. The first-order chi connectivity index (χ1) is 10.2. The minimum absolute atomic E-state index is 0.0159. The van der Waals surface area contributed by atoms with Gasteiger partial charge in [-0.3, -0.25) is 4.79 Å². The number of pyridine rings is 1. The summed E-state index contributed by atoms with van der Waals surface area (Å²) in [5, 5.41) is 0. The van der Waals surface area contributed by atoms with Crippen LogP contribution in [0.25, 0.3) is 0 Å². The van der Waals surface area contributed by atoms with Crippen molar-refractivity contribution >= 4 is 11.8 Å². The number of hydrogen-bond acceptors (Lipinski definition) is 5. The number of benzene rings is 1. The second-order valence-corrected chi connectivity index (χ2v) is 4.71. The molecule has 21 heavy (non-hydrogen) atoms. The minimum atomic E-state index is -0.440. The molecule has 1 atom stereocenters. The first-order valence-electron chi connectivity index (χ1n) is 6.52. The molecule has 3 rings (SSSR count). The molecule has 0 radical (unpaired) electrons. The lowest BCUT2D eigenvalue weighted by atomic mass is 9.97. The highest BCUT2D eigenvalue weighted by atomic mass is 16.5. The largest absolute Gasteiger partial charge is 0.468 e. The summed E-state index contributed by atoms with van der Waals surface area (Å²) in [7, 11) is 1.33. The number of Topliss-reactive ketones (excluding diaryl/α,β-unsaturated/α-hetero) is 1. The molecule has 5 heteroatoms. The van der Waals surface area contributed by atoms with Crippen molar-refractivity contribution in [3.8, 4) is 5.88 Å². The number of aromatic nitrogens is 1. The number of esters is 1. The van der Waals surface area contributed by atoms with E-state index in [1.165, 1.54) is 7.11 Å². The summed E-state index contributed by atoms with van der Waals surface area (Å²) in [5.41, 5.74) is 1.68. The van der Waals surface area contributed by atoms with Crippen molar-refractivity contribution < 1.29 is 19.1 Å². The van der Waals surface area contributed by atoms with Gasteiger partial charge in [0.15, 0.2) is 5.78 Å². The zero-order valence-corrected chi connectivity index (χ0v) is 11.4. The molecule has 1 aliphatic heterocycles. The number of carbonyl (C=O) groups excluding carboxylic acids is 2. The average molecular weight is 283 g/mol. The number of hydrogen-bond donors (Lipinski definition) is 0. The van der Waals surface area contributed by atoms with Gasteiger partial charge in [0.1, 0.15) is 6.10 Å². The molecule has 0 fully saturated rings. The molecule has 0 aliphatic carbocycles. The number of ketones is 1. The first-order valence-corrected chi connectivity index (χ1v) is 6.52. The van der Waals surface area contributed by atoms with Crippen LogP contribution < -0.4 is 4.74 Å². The van der Waals surface area contributed by atoms with Gasteiger partial charge in [-0.05, 0) is 29.8 Å². The molecule has 0 unspecified atom stereocenters. The summed E-state index contributed by atoms with van der Waals surface area (Å²) in [5.74, 6) is -0.0995. The van der Waals surface area contributed by atoms with E-state index >= 15 is 0 Å². The normalized spacial score (nSPS) is 16.8. The van der Waals surface area contributed by atoms with Crippen LogP contribution >= 0.6 is 0 Å². The van der Waals surface area contributed by atoms with E-state index < -0.39 is 12.1 Å². The van der Waals surface area contributed by atoms with E-state index in [1.807, 2.05) is 6.07 Å². The summed E-state index contributed by atoms with van der Waals surface area (Å²) in [6, 6.07) is 10.3. The lowest BCUT2D eigenvalue weighted by molar-refractivity contribution is 0.0600. The number of nitrogens with zero attached hydrogens (tertiary/aromatic N) is 1. The van der Waals surface area contributed by atoms with E-state index in [9.17, 15) is 9.59 Å². The van der Waals surface area contributed by atoms with E-state index in [0.717, 1.165) is 5.56 Å². The number of rotatable bonds is 2. The van der Waals surface area contributed by atoms with E-state index in [2.05, 4.69) is 4.98 Å². The molecule has 0 saturated heterocycles. The third-order valence-electron chi connectivity index (χ3n) is 3.38. The monoisotopic (exact) mass is 283 g/mol. The second kappa shape index (κ2) is 5.36. The molecule has 1 aromatic carbocycles. The van der Waals surface area contributed by atoms with Crippen LogP contribution in [0, 0.1) is 0 Å². The zero-order valence-electron chi connectivity index (χ0n) is 11.4. The molecule has 1 aromatic heterocycles. The van der Waals surface area contributed by atoms with Gasteiger partial charge in [0.2, 0.25) is 5.88 Å². The van der Waals surface area contributed by atoms with Crippen LogP contribution in [-0.4, -0.2) is 23.8 Å². The molecule has 2 aromatic rings. The van der Waals surface area contributed by atoms with Gasteiger partial charge in [0.05, 0.1) is 24.7 Å². The van der Waals surface area contributed by atoms with Gasteiger partial charge in [-0.15, -0.1) is 0 Å². The van der Waals surface area contributed by atoms with Crippen LogP contribution in [0.2, 0.25) is 0 Å². The van der Waals surface area contributed by atoms with Crippen molar-refractivity contribution in [1.82, 2.24) is 4.98 Å². The van der Waals surface area contributed by atoms with Crippen molar-refractivity contribution in [3.63, 3.8) is 0 Å². The lowest BCUT2D eigenvalue weighted by Gasteiger charge is -2.24. The van der Waals surface area contributed by atoms with E-state index in [0.29, 0.717) is 17.0 Å². The van der Waals surface area contributed by atoms with E-state index in [4.69, 9.17) is 9.47 Å². The summed E-state index contributed by atoms with van der Waals surface area (Å²) >= 11 is 0. The summed E-state index contributed by atoms with van der Waals surface area (Å²) in [6.07, 6.45) is 1.37. The van der Waals surface area contributed by atoms with Gasteiger partial charge in [-0.2, -0.15) is 0 Å². The Morgan fingerprint density at radius 1 is 1.33 bits per heavy atom. The van der Waals surface area contributed by atoms with Crippen LogP contribution in [0.3, 0.4) is 0 Å². The van der Waals surface area contributed by atoms with Crippen molar-refractivity contribution in [1.29, 1.82) is 0 Å². The quantitative estimate of drug-likeness (QED) is 0.792. The minimum Gasteiger partial charge on any atom is -0.468 e. The maximum atomic E-state index is 12.1. The number of methoxy groups -OCH3 is 1. The number of ether oxygens (including phenoxy) is 2. The zero-order chi connectivity index (χ0) is 14.8.